The maximum absolute atomic E-state index is 13.7. The van der Waals surface area contributed by atoms with E-state index in [0.29, 0.717) is 11.1 Å². The van der Waals surface area contributed by atoms with Gasteiger partial charge in [0.25, 0.3) is 0 Å². The Balaban J connectivity index is 1.71. The van der Waals surface area contributed by atoms with E-state index in [1.54, 1.807) is 11.8 Å². The van der Waals surface area contributed by atoms with E-state index in [1.807, 2.05) is 11.9 Å². The van der Waals surface area contributed by atoms with Crippen molar-refractivity contribution in [3.63, 3.8) is 0 Å². The van der Waals surface area contributed by atoms with Crippen molar-refractivity contribution in [1.29, 1.82) is 5.26 Å². The van der Waals surface area contributed by atoms with Gasteiger partial charge in [0.05, 0.1) is 37.8 Å². The summed E-state index contributed by atoms with van der Waals surface area (Å²) in [4.78, 5) is 57.5. The number of carbonyl (C=O) groups excluding carboxylic acids is 4. The maximum Gasteiger partial charge on any atom is 0.226 e. The van der Waals surface area contributed by atoms with Crippen LogP contribution in [0.25, 0.3) is 0 Å². The molecule has 1 N–H and O–H groups in total. The maximum atomic E-state index is 13.7. The second-order valence-electron chi connectivity index (χ2n) is 10.1. The Morgan fingerprint density at radius 3 is 2.28 bits per heavy atom. The van der Waals surface area contributed by atoms with Crippen LogP contribution in [0.3, 0.4) is 0 Å². The smallest absolute Gasteiger partial charge is 0.226 e. The molecule has 0 spiro atoms. The predicted molar refractivity (Wildman–Crippen MR) is 124 cm³/mol. The minimum Gasteiger partial charge on any atom is -0.492 e. The standard InChI is InChI=1S/C26H29N3O7/c1-10-21(31)12-7-15-20-19-13(22(32)11(2)26(36-5)24(19)34)6-14(28(20)3)16(8-27)29(15)17(9-30)18(12)23(33)25(10)35-4/h11,14-17,20,26,30H,6-7,9H2,1-5H3/t11?,14-,15-,16-,17-,20-,26?/m0/s1. The van der Waals surface area contributed by atoms with Gasteiger partial charge in [-0.05, 0) is 26.8 Å². The van der Waals surface area contributed by atoms with Gasteiger partial charge in [0, 0.05) is 47.1 Å². The SMILES string of the molecule is COC1=C(C)C(=O)C2=C(C1=O)[C@H](CO)N1[C@@H](C#N)[C@@H]3CC4=C(C(=O)C(OC)C(C)C4=O)[C@H]([C@@H]1C2)N3C. The molecule has 1 saturated heterocycles. The molecule has 3 aliphatic heterocycles. The Bertz CT molecular complexity index is 1240. The number of aliphatic hydroxyl groups excluding tert-OH is 1. The van der Waals surface area contributed by atoms with E-state index in [-0.39, 0.29) is 52.7 Å². The van der Waals surface area contributed by atoms with Crippen molar-refractivity contribution in [2.24, 2.45) is 5.92 Å². The fourth-order valence-electron chi connectivity index (χ4n) is 7.07. The molecule has 10 nitrogen and oxygen atoms in total. The summed E-state index contributed by atoms with van der Waals surface area (Å²) in [6.45, 7) is 2.70. The lowest BCUT2D eigenvalue weighted by Crippen LogP contribution is -2.74. The number of Topliss-reactive ketones (excluding diaryl/α,β-unsaturated/α-hetero) is 4. The molecule has 0 aromatic carbocycles. The molecule has 0 amide bonds. The Hall–Kier alpha value is -2.97. The van der Waals surface area contributed by atoms with E-state index < -0.39 is 54.6 Å². The van der Waals surface area contributed by atoms with Crippen LogP contribution in [-0.2, 0) is 28.7 Å². The van der Waals surface area contributed by atoms with E-state index in [0.717, 1.165) is 0 Å². The van der Waals surface area contributed by atoms with Crippen molar-refractivity contribution in [3.8, 4) is 6.07 Å². The Labute approximate surface area is 208 Å². The Kier molecular flexibility index (Phi) is 5.87. The zero-order valence-electron chi connectivity index (χ0n) is 20.9. The van der Waals surface area contributed by atoms with Gasteiger partial charge in [0.15, 0.2) is 23.1 Å². The third-order valence-corrected chi connectivity index (χ3v) is 8.72. The van der Waals surface area contributed by atoms with Crippen molar-refractivity contribution >= 4 is 23.1 Å². The van der Waals surface area contributed by atoms with Gasteiger partial charge in [-0.1, -0.05) is 6.92 Å². The number of carbonyl (C=O) groups is 4. The molecule has 2 bridgehead atoms. The highest BCUT2D eigenvalue weighted by atomic mass is 16.5. The number of hydrogen-bond donors (Lipinski definition) is 1. The first-order valence-corrected chi connectivity index (χ1v) is 12.1. The molecule has 2 aliphatic carbocycles. The van der Waals surface area contributed by atoms with Gasteiger partial charge < -0.3 is 14.6 Å². The van der Waals surface area contributed by atoms with Crippen LogP contribution in [0.15, 0.2) is 33.6 Å². The third-order valence-electron chi connectivity index (χ3n) is 8.72. The largest absolute Gasteiger partial charge is 0.492 e. The number of ether oxygens (including phenoxy) is 2. The summed E-state index contributed by atoms with van der Waals surface area (Å²) < 4.78 is 10.7. The average molecular weight is 496 g/mol. The molecule has 5 rings (SSSR count). The van der Waals surface area contributed by atoms with E-state index in [9.17, 15) is 29.5 Å². The molecule has 190 valence electrons. The number of nitrogens with zero attached hydrogens (tertiary/aromatic N) is 3. The molecular weight excluding hydrogens is 466 g/mol. The molecule has 0 saturated carbocycles. The fraction of sp³-hybridized carbons (Fsp3) is 0.577. The molecule has 0 aromatic heterocycles. The normalized spacial score (nSPS) is 37.1. The van der Waals surface area contributed by atoms with Crippen LogP contribution in [0, 0.1) is 17.2 Å². The number of nitriles is 1. The lowest BCUT2D eigenvalue weighted by molar-refractivity contribution is -0.141. The van der Waals surface area contributed by atoms with Gasteiger partial charge in [0.2, 0.25) is 5.78 Å². The van der Waals surface area contributed by atoms with Gasteiger partial charge >= 0.3 is 0 Å². The van der Waals surface area contributed by atoms with Gasteiger partial charge in [-0.3, -0.25) is 29.0 Å². The van der Waals surface area contributed by atoms with Crippen molar-refractivity contribution in [1.82, 2.24) is 9.80 Å². The highest BCUT2D eigenvalue weighted by Crippen LogP contribution is 2.49. The molecule has 0 aromatic rings. The van der Waals surface area contributed by atoms with Crippen molar-refractivity contribution in [3.05, 3.63) is 33.6 Å². The Morgan fingerprint density at radius 2 is 1.69 bits per heavy atom. The number of hydrogen-bond acceptors (Lipinski definition) is 10. The van der Waals surface area contributed by atoms with E-state index >= 15 is 0 Å². The predicted octanol–water partition coefficient (Wildman–Crippen LogP) is -0.132. The lowest BCUT2D eigenvalue weighted by atomic mass is 9.65. The lowest BCUT2D eigenvalue weighted by Gasteiger charge is -2.60. The van der Waals surface area contributed by atoms with Gasteiger partial charge in [0.1, 0.15) is 12.1 Å². The highest BCUT2D eigenvalue weighted by molar-refractivity contribution is 6.25. The van der Waals surface area contributed by atoms with Crippen molar-refractivity contribution < 1.29 is 33.8 Å². The highest BCUT2D eigenvalue weighted by Gasteiger charge is 2.60. The molecule has 2 unspecified atom stereocenters. The second-order valence-corrected chi connectivity index (χ2v) is 10.1. The van der Waals surface area contributed by atoms with Gasteiger partial charge in [-0.15, -0.1) is 0 Å². The van der Waals surface area contributed by atoms with Crippen molar-refractivity contribution in [2.45, 2.75) is 63.0 Å². The van der Waals surface area contributed by atoms with Crippen molar-refractivity contribution in [2.75, 3.05) is 27.9 Å². The molecule has 10 heteroatoms. The summed E-state index contributed by atoms with van der Waals surface area (Å²) in [7, 11) is 4.54. The summed E-state index contributed by atoms with van der Waals surface area (Å²) in [5.74, 6) is -1.95. The first-order valence-electron chi connectivity index (χ1n) is 12.1. The molecule has 3 heterocycles. The first kappa shape index (κ1) is 24.7. The molecule has 36 heavy (non-hydrogen) atoms. The number of rotatable bonds is 3. The number of allylic oxidation sites excluding steroid dienone is 2. The molecule has 5 aliphatic rings. The van der Waals surface area contributed by atoms with Crippen LogP contribution in [0.1, 0.15) is 26.7 Å². The van der Waals surface area contributed by atoms with E-state index in [2.05, 4.69) is 6.07 Å². The van der Waals surface area contributed by atoms with Gasteiger partial charge in [-0.25, -0.2) is 0 Å². The van der Waals surface area contributed by atoms with Crippen LogP contribution in [-0.4, -0.2) is 102 Å². The topological polar surface area (TPSA) is 137 Å². The number of ketones is 4. The molecule has 1 fully saturated rings. The van der Waals surface area contributed by atoms with Crippen LogP contribution in [0.5, 0.6) is 0 Å². The van der Waals surface area contributed by atoms with E-state index in [4.69, 9.17) is 9.47 Å². The zero-order valence-corrected chi connectivity index (χ0v) is 20.9. The summed E-state index contributed by atoms with van der Waals surface area (Å²) in [5.41, 5.74) is 1.38. The Morgan fingerprint density at radius 1 is 1.03 bits per heavy atom. The minimum absolute atomic E-state index is 0.0616. The minimum atomic E-state index is -0.925. The average Bonchev–Trinajstić information content (AvgIpc) is 2.86. The van der Waals surface area contributed by atoms with Crippen LogP contribution in [0.4, 0.5) is 0 Å². The second kappa shape index (κ2) is 8.56. The fourth-order valence-corrected chi connectivity index (χ4v) is 7.07. The first-order chi connectivity index (χ1) is 17.1. The molecular formula is C26H29N3O7. The number of piperazine rings is 1. The number of methoxy groups -OCH3 is 2. The monoisotopic (exact) mass is 495 g/mol. The van der Waals surface area contributed by atoms with Crippen LogP contribution in [0.2, 0.25) is 0 Å². The number of fused-ring (bicyclic) bond motifs is 5. The molecule has 7 atom stereocenters. The summed E-state index contributed by atoms with van der Waals surface area (Å²) in [5, 5.41) is 20.8. The van der Waals surface area contributed by atoms with Gasteiger partial charge in [-0.2, -0.15) is 5.26 Å². The molecule has 0 radical (unpaired) electrons. The summed E-state index contributed by atoms with van der Waals surface area (Å²) in [6, 6.07) is -1.02. The summed E-state index contributed by atoms with van der Waals surface area (Å²) in [6.07, 6.45) is -0.618. The zero-order chi connectivity index (χ0) is 26.2. The summed E-state index contributed by atoms with van der Waals surface area (Å²) >= 11 is 0. The van der Waals surface area contributed by atoms with Crippen LogP contribution >= 0.6 is 0 Å². The number of likely N-dealkylation sites (N-methyl/N-ethyl adjacent to an activating group) is 1. The number of aliphatic hydroxyl groups is 1. The third kappa shape index (κ3) is 2.97. The van der Waals surface area contributed by atoms with E-state index in [1.165, 1.54) is 21.1 Å². The van der Waals surface area contributed by atoms with Crippen LogP contribution < -0.4 is 0 Å². The quantitative estimate of drug-likeness (QED) is 0.527.